The van der Waals surface area contributed by atoms with Crippen LogP contribution in [0.15, 0.2) is 12.7 Å². The average molecular weight is 339 g/mol. The van der Waals surface area contributed by atoms with E-state index in [-0.39, 0.29) is 12.6 Å². The largest absolute Gasteiger partial charge is 0.464 e. The second-order valence-electron chi connectivity index (χ2n) is 6.36. The molecule has 0 aromatic carbocycles. The monoisotopic (exact) mass is 339 g/mol. The second-order valence-corrected chi connectivity index (χ2v) is 6.36. The van der Waals surface area contributed by atoms with Crippen LogP contribution in [-0.4, -0.2) is 42.8 Å². The number of nitrogens with zero attached hydrogens (tertiary/aromatic N) is 1. The van der Waals surface area contributed by atoms with E-state index >= 15 is 0 Å². The van der Waals surface area contributed by atoms with E-state index in [0.29, 0.717) is 19.6 Å². The van der Waals surface area contributed by atoms with Gasteiger partial charge in [-0.3, -0.25) is 4.90 Å². The second kappa shape index (κ2) is 12.8. The van der Waals surface area contributed by atoms with Gasteiger partial charge >= 0.3 is 12.1 Å². The highest BCUT2D eigenvalue weighted by Crippen LogP contribution is 2.19. The van der Waals surface area contributed by atoms with Crippen LogP contribution in [0.3, 0.4) is 0 Å². The highest BCUT2D eigenvalue weighted by molar-refractivity contribution is 5.82. The van der Waals surface area contributed by atoms with E-state index in [1.807, 2.05) is 0 Å². The molecule has 24 heavy (non-hydrogen) atoms. The fourth-order valence-corrected chi connectivity index (χ4v) is 2.95. The summed E-state index contributed by atoms with van der Waals surface area (Å²) in [6.07, 6.45) is 12.2. The number of hydrogen-bond acceptors (Lipinski definition) is 4. The normalized spacial score (nSPS) is 16.9. The molecule has 0 aromatic rings. The number of ether oxygens (including phenoxy) is 2. The van der Waals surface area contributed by atoms with Crippen LogP contribution in [0.5, 0.6) is 0 Å². The molecule has 1 saturated heterocycles. The van der Waals surface area contributed by atoms with Gasteiger partial charge in [0.2, 0.25) is 0 Å². The van der Waals surface area contributed by atoms with Crippen LogP contribution in [0.1, 0.15) is 71.1 Å². The van der Waals surface area contributed by atoms with E-state index in [2.05, 4.69) is 13.5 Å². The van der Waals surface area contributed by atoms with Crippen molar-refractivity contribution in [3.05, 3.63) is 12.7 Å². The zero-order valence-corrected chi connectivity index (χ0v) is 15.1. The molecule has 0 aromatic heterocycles. The number of likely N-dealkylation sites (tertiary alicyclic amines) is 1. The highest BCUT2D eigenvalue weighted by atomic mass is 16.6. The Morgan fingerprint density at radius 1 is 1.08 bits per heavy atom. The van der Waals surface area contributed by atoms with Crippen molar-refractivity contribution >= 4 is 12.1 Å². The van der Waals surface area contributed by atoms with Gasteiger partial charge < -0.3 is 9.47 Å². The third kappa shape index (κ3) is 7.84. The van der Waals surface area contributed by atoms with Crippen LogP contribution in [-0.2, 0) is 14.3 Å². The molecule has 0 radical (unpaired) electrons. The van der Waals surface area contributed by atoms with Crippen LogP contribution < -0.4 is 0 Å². The molecule has 0 N–H and O–H groups in total. The lowest BCUT2D eigenvalue weighted by Gasteiger charge is -2.22. The van der Waals surface area contributed by atoms with Crippen molar-refractivity contribution in [3.8, 4) is 0 Å². The molecule has 1 rings (SSSR count). The van der Waals surface area contributed by atoms with Crippen molar-refractivity contribution in [2.75, 3.05) is 19.8 Å². The van der Waals surface area contributed by atoms with E-state index in [1.165, 1.54) is 49.5 Å². The SMILES string of the molecule is C=CCOC(=O)N1CCC[C@H]1C(=O)OCCCCCCCCCC. The van der Waals surface area contributed by atoms with E-state index in [0.717, 1.165) is 19.3 Å². The summed E-state index contributed by atoms with van der Waals surface area (Å²) in [4.78, 5) is 25.5. The van der Waals surface area contributed by atoms with Gasteiger partial charge in [0.05, 0.1) is 6.61 Å². The van der Waals surface area contributed by atoms with Crippen molar-refractivity contribution in [2.24, 2.45) is 0 Å². The summed E-state index contributed by atoms with van der Waals surface area (Å²) in [5, 5.41) is 0. The molecule has 1 aliphatic heterocycles. The molecule has 0 saturated carbocycles. The van der Waals surface area contributed by atoms with Gasteiger partial charge in [-0.25, -0.2) is 9.59 Å². The summed E-state index contributed by atoms with van der Waals surface area (Å²) < 4.78 is 10.4. The smallest absolute Gasteiger partial charge is 0.410 e. The fourth-order valence-electron chi connectivity index (χ4n) is 2.95. The first-order valence-electron chi connectivity index (χ1n) is 9.41. The predicted molar refractivity (Wildman–Crippen MR) is 94.8 cm³/mol. The minimum Gasteiger partial charge on any atom is -0.464 e. The van der Waals surface area contributed by atoms with Crippen molar-refractivity contribution < 1.29 is 19.1 Å². The van der Waals surface area contributed by atoms with Gasteiger partial charge in [0.25, 0.3) is 0 Å². The van der Waals surface area contributed by atoms with Gasteiger partial charge in [0.1, 0.15) is 12.6 Å². The molecular formula is C19H33NO4. The molecule has 5 heteroatoms. The lowest BCUT2D eigenvalue weighted by atomic mass is 10.1. The summed E-state index contributed by atoms with van der Waals surface area (Å²) in [5.74, 6) is -0.300. The van der Waals surface area contributed by atoms with Crippen molar-refractivity contribution in [3.63, 3.8) is 0 Å². The topological polar surface area (TPSA) is 55.8 Å². The average Bonchev–Trinajstić information content (AvgIpc) is 3.08. The number of hydrogen-bond donors (Lipinski definition) is 0. The molecule has 5 nitrogen and oxygen atoms in total. The Kier molecular flexibility index (Phi) is 11.0. The third-order valence-corrected chi connectivity index (χ3v) is 4.33. The summed E-state index contributed by atoms with van der Waals surface area (Å²) in [7, 11) is 0. The zero-order valence-electron chi connectivity index (χ0n) is 15.1. The number of rotatable bonds is 12. The first-order chi connectivity index (χ1) is 11.7. The van der Waals surface area contributed by atoms with Crippen LogP contribution in [0.2, 0.25) is 0 Å². The summed E-state index contributed by atoms with van der Waals surface area (Å²) in [6.45, 7) is 6.89. The number of amides is 1. The van der Waals surface area contributed by atoms with Gasteiger partial charge in [0, 0.05) is 6.54 Å². The molecule has 1 atom stereocenters. The van der Waals surface area contributed by atoms with Crippen LogP contribution in [0.25, 0.3) is 0 Å². The molecule has 0 bridgehead atoms. The Labute approximate surface area is 146 Å². The Morgan fingerprint density at radius 3 is 2.42 bits per heavy atom. The maximum absolute atomic E-state index is 12.1. The maximum Gasteiger partial charge on any atom is 0.410 e. The van der Waals surface area contributed by atoms with E-state index in [9.17, 15) is 9.59 Å². The molecule has 0 spiro atoms. The lowest BCUT2D eigenvalue weighted by Crippen LogP contribution is -2.41. The van der Waals surface area contributed by atoms with Crippen molar-refractivity contribution in [2.45, 2.75) is 77.2 Å². The van der Waals surface area contributed by atoms with Gasteiger partial charge in [-0.2, -0.15) is 0 Å². The Hall–Kier alpha value is -1.52. The Morgan fingerprint density at radius 2 is 1.75 bits per heavy atom. The molecular weight excluding hydrogens is 306 g/mol. The predicted octanol–water partition coefficient (Wildman–Crippen LogP) is 4.46. The van der Waals surface area contributed by atoms with E-state index in [4.69, 9.17) is 9.47 Å². The highest BCUT2D eigenvalue weighted by Gasteiger charge is 2.36. The lowest BCUT2D eigenvalue weighted by molar-refractivity contribution is -0.148. The van der Waals surface area contributed by atoms with Crippen LogP contribution in [0.4, 0.5) is 4.79 Å². The van der Waals surface area contributed by atoms with Crippen LogP contribution >= 0.6 is 0 Å². The summed E-state index contributed by atoms with van der Waals surface area (Å²) in [6, 6.07) is -0.489. The van der Waals surface area contributed by atoms with Gasteiger partial charge in [-0.05, 0) is 19.3 Å². The van der Waals surface area contributed by atoms with Crippen molar-refractivity contribution in [1.82, 2.24) is 4.90 Å². The summed E-state index contributed by atoms with van der Waals surface area (Å²) in [5.41, 5.74) is 0. The molecule has 138 valence electrons. The molecule has 1 fully saturated rings. The van der Waals surface area contributed by atoms with Gasteiger partial charge in [-0.1, -0.05) is 64.5 Å². The third-order valence-electron chi connectivity index (χ3n) is 4.33. The minimum absolute atomic E-state index is 0.162. The number of unbranched alkanes of at least 4 members (excludes halogenated alkanes) is 7. The van der Waals surface area contributed by atoms with Crippen molar-refractivity contribution in [1.29, 1.82) is 0 Å². The quantitative estimate of drug-likeness (QED) is 0.299. The number of esters is 1. The summed E-state index contributed by atoms with van der Waals surface area (Å²) >= 11 is 0. The minimum atomic E-state index is -0.489. The fraction of sp³-hybridized carbons (Fsp3) is 0.789. The first-order valence-corrected chi connectivity index (χ1v) is 9.41. The Bertz CT molecular complexity index is 384. The van der Waals surface area contributed by atoms with Crippen LogP contribution in [0, 0.1) is 0 Å². The molecule has 1 amide bonds. The van der Waals surface area contributed by atoms with E-state index < -0.39 is 12.1 Å². The molecule has 0 unspecified atom stereocenters. The Balaban J connectivity index is 2.13. The molecule has 0 aliphatic carbocycles. The standard InChI is InChI=1S/C19H33NO4/c1-3-5-6-7-8-9-10-11-16-23-18(21)17-13-12-14-20(17)19(22)24-15-4-2/h4,17H,2-3,5-16H2,1H3/t17-/m0/s1. The first kappa shape index (κ1) is 20.5. The number of carbonyl (C=O) groups is 2. The maximum atomic E-state index is 12.1. The molecule has 1 heterocycles. The van der Waals surface area contributed by atoms with Gasteiger partial charge in [0.15, 0.2) is 0 Å². The zero-order chi connectivity index (χ0) is 17.6. The van der Waals surface area contributed by atoms with Gasteiger partial charge in [-0.15, -0.1) is 0 Å². The molecule has 1 aliphatic rings. The number of carbonyl (C=O) groups excluding carboxylic acids is 2. The van der Waals surface area contributed by atoms with E-state index in [1.54, 1.807) is 0 Å².